The molecule has 2 fully saturated rings. The number of aryl methyl sites for hydroxylation is 2. The van der Waals surface area contributed by atoms with Crippen LogP contribution in [0.1, 0.15) is 54.1 Å². The molecule has 1 atom stereocenters. The van der Waals surface area contributed by atoms with Gasteiger partial charge in [0.15, 0.2) is 0 Å². The van der Waals surface area contributed by atoms with Crippen LogP contribution in [0.3, 0.4) is 0 Å². The number of rotatable bonds is 2. The molecule has 130 valence electrons. The number of nitrogens with zero attached hydrogens (tertiary/aromatic N) is 2. The fourth-order valence-electron chi connectivity index (χ4n) is 3.75. The Bertz CT molecular complexity index is 633. The number of amides is 2. The standard InChI is InChI=1S/C20H28N2O2/c1-14-8-11-21(12-9-14)20(24)18-5-4-10-22(18)19(23)17-7-6-15(2)16(3)13-17/h6-7,13-14,18H,4-5,8-12H2,1-3H3/t18-/m0/s1. The minimum Gasteiger partial charge on any atom is -0.341 e. The third kappa shape index (κ3) is 3.33. The molecule has 24 heavy (non-hydrogen) atoms. The van der Waals surface area contributed by atoms with Gasteiger partial charge in [-0.25, -0.2) is 0 Å². The molecule has 0 bridgehead atoms. The highest BCUT2D eigenvalue weighted by Crippen LogP contribution is 2.25. The van der Waals surface area contributed by atoms with E-state index in [0.29, 0.717) is 18.0 Å². The van der Waals surface area contributed by atoms with Crippen LogP contribution in [0, 0.1) is 19.8 Å². The zero-order valence-electron chi connectivity index (χ0n) is 15.0. The predicted octanol–water partition coefficient (Wildman–Crippen LogP) is 3.17. The van der Waals surface area contributed by atoms with E-state index < -0.39 is 0 Å². The summed E-state index contributed by atoms with van der Waals surface area (Å²) in [5, 5.41) is 0. The maximum atomic E-state index is 12.9. The quantitative estimate of drug-likeness (QED) is 0.837. The second kappa shape index (κ2) is 6.96. The summed E-state index contributed by atoms with van der Waals surface area (Å²) in [6.07, 6.45) is 3.85. The molecule has 1 aromatic rings. The van der Waals surface area contributed by atoms with E-state index in [1.165, 1.54) is 5.56 Å². The van der Waals surface area contributed by atoms with Gasteiger partial charge in [-0.2, -0.15) is 0 Å². The second-order valence-electron chi connectivity index (χ2n) is 7.46. The number of benzene rings is 1. The maximum Gasteiger partial charge on any atom is 0.254 e. The SMILES string of the molecule is Cc1ccc(C(=O)N2CCC[C@H]2C(=O)N2CCC(C)CC2)cc1C. The van der Waals surface area contributed by atoms with Gasteiger partial charge in [0.1, 0.15) is 6.04 Å². The molecule has 2 aliphatic rings. The highest BCUT2D eigenvalue weighted by molar-refractivity contribution is 5.98. The van der Waals surface area contributed by atoms with Gasteiger partial charge in [-0.15, -0.1) is 0 Å². The molecule has 0 radical (unpaired) electrons. The number of likely N-dealkylation sites (tertiary alicyclic amines) is 2. The van der Waals surface area contributed by atoms with E-state index in [2.05, 4.69) is 6.92 Å². The van der Waals surface area contributed by atoms with E-state index in [1.54, 1.807) is 4.90 Å². The van der Waals surface area contributed by atoms with Crippen LogP contribution in [-0.2, 0) is 4.79 Å². The van der Waals surface area contributed by atoms with E-state index >= 15 is 0 Å². The number of carbonyl (C=O) groups excluding carboxylic acids is 2. The third-order valence-electron chi connectivity index (χ3n) is 5.65. The largest absolute Gasteiger partial charge is 0.341 e. The number of hydrogen-bond donors (Lipinski definition) is 0. The first-order valence-corrected chi connectivity index (χ1v) is 9.14. The van der Waals surface area contributed by atoms with E-state index in [1.807, 2.05) is 36.9 Å². The minimum absolute atomic E-state index is 0.000623. The molecule has 2 heterocycles. The molecule has 4 nitrogen and oxygen atoms in total. The zero-order chi connectivity index (χ0) is 17.3. The maximum absolute atomic E-state index is 12.9. The van der Waals surface area contributed by atoms with Crippen LogP contribution in [0.25, 0.3) is 0 Å². The van der Waals surface area contributed by atoms with Crippen molar-refractivity contribution < 1.29 is 9.59 Å². The van der Waals surface area contributed by atoms with Gasteiger partial charge in [0.25, 0.3) is 5.91 Å². The van der Waals surface area contributed by atoms with Crippen molar-refractivity contribution in [1.29, 1.82) is 0 Å². The van der Waals surface area contributed by atoms with E-state index in [-0.39, 0.29) is 17.9 Å². The van der Waals surface area contributed by atoms with Crippen molar-refractivity contribution in [3.8, 4) is 0 Å². The van der Waals surface area contributed by atoms with Gasteiger partial charge in [-0.05, 0) is 68.7 Å². The Kier molecular flexibility index (Phi) is 4.93. The predicted molar refractivity (Wildman–Crippen MR) is 95.0 cm³/mol. The first kappa shape index (κ1) is 17.0. The van der Waals surface area contributed by atoms with Gasteiger partial charge in [-0.1, -0.05) is 13.0 Å². The van der Waals surface area contributed by atoms with Crippen LogP contribution in [0.2, 0.25) is 0 Å². The summed E-state index contributed by atoms with van der Waals surface area (Å²) in [6, 6.07) is 5.54. The summed E-state index contributed by atoms with van der Waals surface area (Å²) in [5.41, 5.74) is 3.00. The molecule has 2 amide bonds. The molecule has 0 aromatic heterocycles. The van der Waals surface area contributed by atoms with Crippen LogP contribution >= 0.6 is 0 Å². The van der Waals surface area contributed by atoms with Gasteiger partial charge >= 0.3 is 0 Å². The third-order valence-corrected chi connectivity index (χ3v) is 5.65. The first-order valence-electron chi connectivity index (χ1n) is 9.14. The Morgan fingerprint density at radius 1 is 1.00 bits per heavy atom. The molecule has 3 rings (SSSR count). The Labute approximate surface area is 144 Å². The van der Waals surface area contributed by atoms with Crippen LogP contribution in [0.15, 0.2) is 18.2 Å². The van der Waals surface area contributed by atoms with Crippen molar-refractivity contribution in [2.24, 2.45) is 5.92 Å². The molecule has 0 aliphatic carbocycles. The fraction of sp³-hybridized carbons (Fsp3) is 0.600. The molecule has 1 aromatic carbocycles. The van der Waals surface area contributed by atoms with Gasteiger partial charge in [0.2, 0.25) is 5.91 Å². The molecule has 4 heteroatoms. The molecule has 2 saturated heterocycles. The average Bonchev–Trinajstić information content (AvgIpc) is 3.06. The Balaban J connectivity index is 1.73. The first-order chi connectivity index (χ1) is 11.5. The molecular formula is C20H28N2O2. The lowest BCUT2D eigenvalue weighted by Crippen LogP contribution is -2.49. The van der Waals surface area contributed by atoms with Crippen LogP contribution in [-0.4, -0.2) is 47.3 Å². The summed E-state index contributed by atoms with van der Waals surface area (Å²) in [7, 11) is 0. The van der Waals surface area contributed by atoms with Crippen molar-refractivity contribution in [2.75, 3.05) is 19.6 Å². The Hall–Kier alpha value is -1.84. The van der Waals surface area contributed by atoms with Crippen LogP contribution in [0.5, 0.6) is 0 Å². The van der Waals surface area contributed by atoms with E-state index in [9.17, 15) is 9.59 Å². The lowest BCUT2D eigenvalue weighted by molar-refractivity contribution is -0.136. The van der Waals surface area contributed by atoms with Gasteiger partial charge < -0.3 is 9.80 Å². The summed E-state index contributed by atoms with van der Waals surface area (Å²) >= 11 is 0. The lowest BCUT2D eigenvalue weighted by Gasteiger charge is -2.34. The van der Waals surface area contributed by atoms with Gasteiger partial charge in [0, 0.05) is 25.2 Å². The highest BCUT2D eigenvalue weighted by atomic mass is 16.2. The minimum atomic E-state index is -0.271. The van der Waals surface area contributed by atoms with Crippen molar-refractivity contribution in [3.63, 3.8) is 0 Å². The lowest BCUT2D eigenvalue weighted by atomic mass is 9.98. The fourth-order valence-corrected chi connectivity index (χ4v) is 3.75. The van der Waals surface area contributed by atoms with Crippen molar-refractivity contribution in [3.05, 3.63) is 34.9 Å². The number of piperidine rings is 1. The summed E-state index contributed by atoms with van der Waals surface area (Å²) in [5.74, 6) is 0.849. The molecule has 0 unspecified atom stereocenters. The summed E-state index contributed by atoms with van der Waals surface area (Å²) in [6.45, 7) is 8.67. The smallest absolute Gasteiger partial charge is 0.254 e. The van der Waals surface area contributed by atoms with Crippen LogP contribution in [0.4, 0.5) is 0 Å². The van der Waals surface area contributed by atoms with Gasteiger partial charge in [0.05, 0.1) is 0 Å². The Morgan fingerprint density at radius 3 is 2.38 bits per heavy atom. The van der Waals surface area contributed by atoms with Crippen molar-refractivity contribution in [2.45, 2.75) is 52.5 Å². The summed E-state index contributed by atoms with van der Waals surface area (Å²) in [4.78, 5) is 29.6. The van der Waals surface area contributed by atoms with E-state index in [4.69, 9.17) is 0 Å². The monoisotopic (exact) mass is 328 g/mol. The van der Waals surface area contributed by atoms with Gasteiger partial charge in [-0.3, -0.25) is 9.59 Å². The van der Waals surface area contributed by atoms with Crippen molar-refractivity contribution in [1.82, 2.24) is 9.80 Å². The molecular weight excluding hydrogens is 300 g/mol. The molecule has 2 aliphatic heterocycles. The number of hydrogen-bond acceptors (Lipinski definition) is 2. The normalized spacial score (nSPS) is 22.0. The van der Waals surface area contributed by atoms with E-state index in [0.717, 1.165) is 44.3 Å². The second-order valence-corrected chi connectivity index (χ2v) is 7.46. The molecule has 0 spiro atoms. The molecule has 0 saturated carbocycles. The number of carbonyl (C=O) groups is 2. The topological polar surface area (TPSA) is 40.6 Å². The highest BCUT2D eigenvalue weighted by Gasteiger charge is 2.37. The summed E-state index contributed by atoms with van der Waals surface area (Å²) < 4.78 is 0. The Morgan fingerprint density at radius 2 is 1.71 bits per heavy atom. The molecule has 0 N–H and O–H groups in total. The van der Waals surface area contributed by atoms with Crippen molar-refractivity contribution >= 4 is 11.8 Å². The van der Waals surface area contributed by atoms with Crippen LogP contribution < -0.4 is 0 Å². The zero-order valence-corrected chi connectivity index (χ0v) is 15.0. The average molecular weight is 328 g/mol.